The van der Waals surface area contributed by atoms with Crippen molar-refractivity contribution in [3.8, 4) is 0 Å². The topological polar surface area (TPSA) is 49.3 Å². The SMILES string of the molecule is C=C(C(=O)O)C(C)NCC. The first-order valence-electron chi connectivity index (χ1n) is 3.25. The minimum Gasteiger partial charge on any atom is -0.478 e. The van der Waals surface area contributed by atoms with Crippen molar-refractivity contribution in [3.05, 3.63) is 12.2 Å². The lowest BCUT2D eigenvalue weighted by Gasteiger charge is -2.10. The average molecular weight is 143 g/mol. The number of rotatable bonds is 4. The van der Waals surface area contributed by atoms with Crippen LogP contribution in [0.4, 0.5) is 0 Å². The fourth-order valence-corrected chi connectivity index (χ4v) is 0.615. The molecule has 0 aromatic carbocycles. The van der Waals surface area contributed by atoms with E-state index in [0.29, 0.717) is 0 Å². The van der Waals surface area contributed by atoms with E-state index in [0.717, 1.165) is 6.54 Å². The monoisotopic (exact) mass is 143 g/mol. The van der Waals surface area contributed by atoms with Crippen LogP contribution in [0.3, 0.4) is 0 Å². The van der Waals surface area contributed by atoms with Crippen LogP contribution in [0.5, 0.6) is 0 Å². The summed E-state index contributed by atoms with van der Waals surface area (Å²) in [5.41, 5.74) is 0.210. The van der Waals surface area contributed by atoms with Gasteiger partial charge in [0.1, 0.15) is 0 Å². The molecule has 0 aromatic heterocycles. The Balaban J connectivity index is 3.82. The Labute approximate surface area is 60.7 Å². The summed E-state index contributed by atoms with van der Waals surface area (Å²) in [5.74, 6) is -0.937. The fraction of sp³-hybridized carbons (Fsp3) is 0.571. The van der Waals surface area contributed by atoms with E-state index >= 15 is 0 Å². The third kappa shape index (κ3) is 2.64. The number of carbonyl (C=O) groups is 1. The molecule has 0 radical (unpaired) electrons. The molecule has 0 bridgehead atoms. The molecule has 3 heteroatoms. The van der Waals surface area contributed by atoms with Gasteiger partial charge in [-0.05, 0) is 13.5 Å². The Morgan fingerprint density at radius 2 is 2.30 bits per heavy atom. The summed E-state index contributed by atoms with van der Waals surface area (Å²) in [6.45, 7) is 7.87. The van der Waals surface area contributed by atoms with Crippen molar-refractivity contribution in [2.75, 3.05) is 6.54 Å². The second-order valence-electron chi connectivity index (χ2n) is 2.11. The molecule has 0 aromatic rings. The second kappa shape index (κ2) is 4.06. The molecule has 0 saturated heterocycles. The van der Waals surface area contributed by atoms with Gasteiger partial charge in [-0.25, -0.2) is 4.79 Å². The van der Waals surface area contributed by atoms with Crippen molar-refractivity contribution in [1.82, 2.24) is 5.32 Å². The molecule has 0 rings (SSSR count). The summed E-state index contributed by atoms with van der Waals surface area (Å²) >= 11 is 0. The maximum Gasteiger partial charge on any atom is 0.332 e. The van der Waals surface area contributed by atoms with Crippen molar-refractivity contribution >= 4 is 5.97 Å². The highest BCUT2D eigenvalue weighted by Crippen LogP contribution is 1.97. The van der Waals surface area contributed by atoms with Crippen molar-refractivity contribution in [1.29, 1.82) is 0 Å². The first-order valence-corrected chi connectivity index (χ1v) is 3.25. The quantitative estimate of drug-likeness (QED) is 0.567. The number of hydrogen-bond acceptors (Lipinski definition) is 2. The highest BCUT2D eigenvalue weighted by Gasteiger charge is 2.10. The third-order valence-electron chi connectivity index (χ3n) is 1.31. The van der Waals surface area contributed by atoms with Gasteiger partial charge in [-0.2, -0.15) is 0 Å². The van der Waals surface area contributed by atoms with Gasteiger partial charge in [-0.15, -0.1) is 0 Å². The zero-order valence-corrected chi connectivity index (χ0v) is 6.35. The van der Waals surface area contributed by atoms with Crippen molar-refractivity contribution in [2.24, 2.45) is 0 Å². The van der Waals surface area contributed by atoms with Crippen LogP contribution in [0.2, 0.25) is 0 Å². The minimum absolute atomic E-state index is 0.137. The number of aliphatic carboxylic acids is 1. The Hall–Kier alpha value is -0.830. The van der Waals surface area contributed by atoms with Crippen LogP contribution in [0.15, 0.2) is 12.2 Å². The zero-order chi connectivity index (χ0) is 8.15. The molecule has 58 valence electrons. The Kier molecular flexibility index (Phi) is 3.72. The molecule has 0 aliphatic rings. The lowest BCUT2D eigenvalue weighted by molar-refractivity contribution is -0.132. The van der Waals surface area contributed by atoms with E-state index in [4.69, 9.17) is 5.11 Å². The number of likely N-dealkylation sites (N-methyl/N-ethyl adjacent to an activating group) is 1. The van der Waals surface area contributed by atoms with Crippen LogP contribution in [0.25, 0.3) is 0 Å². The molecule has 1 unspecified atom stereocenters. The molecule has 0 fully saturated rings. The lowest BCUT2D eigenvalue weighted by atomic mass is 10.1. The highest BCUT2D eigenvalue weighted by molar-refractivity contribution is 5.87. The van der Waals surface area contributed by atoms with Gasteiger partial charge in [0.05, 0.1) is 0 Å². The van der Waals surface area contributed by atoms with Gasteiger partial charge in [0.25, 0.3) is 0 Å². The van der Waals surface area contributed by atoms with Gasteiger partial charge in [-0.1, -0.05) is 13.5 Å². The van der Waals surface area contributed by atoms with Gasteiger partial charge in [0.15, 0.2) is 0 Å². The van der Waals surface area contributed by atoms with Gasteiger partial charge in [0.2, 0.25) is 0 Å². The summed E-state index contributed by atoms with van der Waals surface area (Å²) in [7, 11) is 0. The predicted molar refractivity (Wildman–Crippen MR) is 39.9 cm³/mol. The standard InChI is InChI=1S/C7H13NO2/c1-4-8-6(3)5(2)7(9)10/h6,8H,2,4H2,1,3H3,(H,9,10). The molecule has 0 heterocycles. The Bertz CT molecular complexity index is 143. The molecule has 1 atom stereocenters. The van der Waals surface area contributed by atoms with Crippen LogP contribution < -0.4 is 5.32 Å². The molecular formula is C7H13NO2. The number of carboxylic acids is 1. The molecule has 0 saturated carbocycles. The first kappa shape index (κ1) is 9.17. The molecule has 0 aliphatic carbocycles. The predicted octanol–water partition coefficient (Wildman–Crippen LogP) is 0.625. The molecule has 0 spiro atoms. The third-order valence-corrected chi connectivity index (χ3v) is 1.31. The summed E-state index contributed by atoms with van der Waals surface area (Å²) in [6, 6.07) is -0.137. The molecule has 0 aliphatic heterocycles. The van der Waals surface area contributed by atoms with Crippen molar-refractivity contribution < 1.29 is 9.90 Å². The fourth-order valence-electron chi connectivity index (χ4n) is 0.615. The van der Waals surface area contributed by atoms with E-state index in [1.54, 1.807) is 6.92 Å². The zero-order valence-electron chi connectivity index (χ0n) is 6.35. The largest absolute Gasteiger partial charge is 0.478 e. The van der Waals surface area contributed by atoms with Gasteiger partial charge < -0.3 is 10.4 Å². The van der Waals surface area contributed by atoms with Gasteiger partial charge in [-0.3, -0.25) is 0 Å². The van der Waals surface area contributed by atoms with Crippen LogP contribution in [0.1, 0.15) is 13.8 Å². The Morgan fingerprint density at radius 3 is 2.60 bits per heavy atom. The molecular weight excluding hydrogens is 130 g/mol. The van der Waals surface area contributed by atoms with E-state index in [9.17, 15) is 4.79 Å². The second-order valence-corrected chi connectivity index (χ2v) is 2.11. The average Bonchev–Trinajstić information content (AvgIpc) is 1.87. The van der Waals surface area contributed by atoms with Gasteiger partial charge >= 0.3 is 5.97 Å². The molecule has 0 amide bonds. The van der Waals surface area contributed by atoms with Crippen molar-refractivity contribution in [2.45, 2.75) is 19.9 Å². The molecule has 2 N–H and O–H groups in total. The molecule has 3 nitrogen and oxygen atoms in total. The maximum absolute atomic E-state index is 10.3. The summed E-state index contributed by atoms with van der Waals surface area (Å²) in [4.78, 5) is 10.3. The summed E-state index contributed by atoms with van der Waals surface area (Å²) in [6.07, 6.45) is 0. The smallest absolute Gasteiger partial charge is 0.332 e. The van der Waals surface area contributed by atoms with Gasteiger partial charge in [0, 0.05) is 11.6 Å². The highest BCUT2D eigenvalue weighted by atomic mass is 16.4. The molecule has 10 heavy (non-hydrogen) atoms. The van der Waals surface area contributed by atoms with E-state index in [-0.39, 0.29) is 11.6 Å². The van der Waals surface area contributed by atoms with Crippen molar-refractivity contribution in [3.63, 3.8) is 0 Å². The van der Waals surface area contributed by atoms with E-state index in [1.807, 2.05) is 6.92 Å². The van der Waals surface area contributed by atoms with E-state index in [2.05, 4.69) is 11.9 Å². The maximum atomic E-state index is 10.3. The van der Waals surface area contributed by atoms with E-state index < -0.39 is 5.97 Å². The van der Waals surface area contributed by atoms with Crippen LogP contribution >= 0.6 is 0 Å². The summed E-state index contributed by atoms with van der Waals surface area (Å²) < 4.78 is 0. The van der Waals surface area contributed by atoms with E-state index in [1.165, 1.54) is 0 Å². The number of hydrogen-bond donors (Lipinski definition) is 2. The normalized spacial score (nSPS) is 12.6. The summed E-state index contributed by atoms with van der Waals surface area (Å²) in [5, 5.41) is 11.4. The lowest BCUT2D eigenvalue weighted by Crippen LogP contribution is -2.30. The number of carboxylic acid groups (broad SMARTS) is 1. The van der Waals surface area contributed by atoms with Crippen LogP contribution in [-0.2, 0) is 4.79 Å². The first-order chi connectivity index (χ1) is 4.59. The minimum atomic E-state index is -0.937. The van der Waals surface area contributed by atoms with Crippen LogP contribution in [-0.4, -0.2) is 23.7 Å². The van der Waals surface area contributed by atoms with Crippen LogP contribution in [0, 0.1) is 0 Å². The Morgan fingerprint density at radius 1 is 1.80 bits per heavy atom. The number of nitrogens with one attached hydrogen (secondary N) is 1.